The van der Waals surface area contributed by atoms with Crippen LogP contribution in [-0.4, -0.2) is 24.7 Å². The van der Waals surface area contributed by atoms with E-state index >= 15 is 0 Å². The maximum Gasteiger partial charge on any atom is 0.138 e. The zero-order chi connectivity index (χ0) is 12.9. The SMILES string of the molecule is C(=C\[C@@H]1CCCNC1)/c1cncc(OCC2CC2)c1. The van der Waals surface area contributed by atoms with Crippen LogP contribution < -0.4 is 10.1 Å². The molecule has 1 aliphatic carbocycles. The summed E-state index contributed by atoms with van der Waals surface area (Å²) < 4.78 is 5.75. The lowest BCUT2D eigenvalue weighted by atomic mass is 9.98. The average molecular weight is 258 g/mol. The molecule has 1 atom stereocenters. The summed E-state index contributed by atoms with van der Waals surface area (Å²) in [6.07, 6.45) is 13.4. The van der Waals surface area contributed by atoms with Crippen molar-refractivity contribution in [2.45, 2.75) is 25.7 Å². The maximum atomic E-state index is 5.75. The van der Waals surface area contributed by atoms with Gasteiger partial charge in [0.15, 0.2) is 0 Å². The Labute approximate surface area is 115 Å². The summed E-state index contributed by atoms with van der Waals surface area (Å²) in [4.78, 5) is 4.25. The monoisotopic (exact) mass is 258 g/mol. The van der Waals surface area contributed by atoms with Gasteiger partial charge in [-0.15, -0.1) is 0 Å². The fourth-order valence-corrected chi connectivity index (χ4v) is 2.39. The van der Waals surface area contributed by atoms with E-state index in [0.29, 0.717) is 5.92 Å². The molecule has 0 aromatic carbocycles. The van der Waals surface area contributed by atoms with Crippen molar-refractivity contribution >= 4 is 6.08 Å². The fraction of sp³-hybridized carbons (Fsp3) is 0.562. The topological polar surface area (TPSA) is 34.2 Å². The summed E-state index contributed by atoms with van der Waals surface area (Å²) in [6, 6.07) is 2.09. The van der Waals surface area contributed by atoms with Crippen molar-refractivity contribution < 1.29 is 4.74 Å². The summed E-state index contributed by atoms with van der Waals surface area (Å²) in [5.74, 6) is 2.34. The number of pyridine rings is 1. The summed E-state index contributed by atoms with van der Waals surface area (Å²) >= 11 is 0. The van der Waals surface area contributed by atoms with Gasteiger partial charge in [0.05, 0.1) is 12.8 Å². The highest BCUT2D eigenvalue weighted by Crippen LogP contribution is 2.29. The Bertz CT molecular complexity index is 434. The van der Waals surface area contributed by atoms with Crippen LogP contribution in [0, 0.1) is 11.8 Å². The molecule has 1 saturated carbocycles. The van der Waals surface area contributed by atoms with Gasteiger partial charge in [0.25, 0.3) is 0 Å². The number of nitrogens with zero attached hydrogens (tertiary/aromatic N) is 1. The summed E-state index contributed by atoms with van der Waals surface area (Å²) in [5.41, 5.74) is 1.14. The second-order valence-electron chi connectivity index (χ2n) is 5.67. The average Bonchev–Trinajstić information content (AvgIpc) is 3.29. The van der Waals surface area contributed by atoms with Crippen molar-refractivity contribution in [1.29, 1.82) is 0 Å². The molecule has 0 amide bonds. The molecular formula is C16H22N2O. The molecule has 0 unspecified atom stereocenters. The first-order valence-corrected chi connectivity index (χ1v) is 7.37. The van der Waals surface area contributed by atoms with Crippen molar-refractivity contribution in [3.63, 3.8) is 0 Å². The van der Waals surface area contributed by atoms with Crippen LogP contribution in [0.25, 0.3) is 6.08 Å². The standard InChI is InChI=1S/C16H22N2O/c1-2-13(9-17-7-1)3-6-15-8-16(11-18-10-15)19-12-14-4-5-14/h3,6,8,10-11,13-14,17H,1-2,4-5,7,9,12H2/b6-3+/t13-/m0/s1. The van der Waals surface area contributed by atoms with E-state index in [0.717, 1.165) is 36.9 Å². The van der Waals surface area contributed by atoms with E-state index in [2.05, 4.69) is 28.5 Å². The molecule has 0 radical (unpaired) electrons. The van der Waals surface area contributed by atoms with Gasteiger partial charge in [0, 0.05) is 12.7 Å². The number of hydrogen-bond donors (Lipinski definition) is 1. The van der Waals surface area contributed by atoms with E-state index in [-0.39, 0.29) is 0 Å². The molecule has 3 rings (SSSR count). The molecule has 1 N–H and O–H groups in total. The minimum Gasteiger partial charge on any atom is -0.492 e. The predicted molar refractivity (Wildman–Crippen MR) is 77.1 cm³/mol. The van der Waals surface area contributed by atoms with Gasteiger partial charge in [-0.05, 0) is 55.7 Å². The largest absolute Gasteiger partial charge is 0.492 e. The molecule has 2 heterocycles. The minimum atomic E-state index is 0.657. The van der Waals surface area contributed by atoms with Gasteiger partial charge in [-0.25, -0.2) is 0 Å². The molecule has 1 aliphatic heterocycles. The third-order valence-corrected chi connectivity index (χ3v) is 3.81. The van der Waals surface area contributed by atoms with Gasteiger partial charge in [-0.3, -0.25) is 4.98 Å². The Hall–Kier alpha value is -1.35. The number of ether oxygens (including phenoxy) is 1. The highest BCUT2D eigenvalue weighted by molar-refractivity contribution is 5.50. The Balaban J connectivity index is 1.56. The first-order chi connectivity index (χ1) is 9.40. The third kappa shape index (κ3) is 4.06. The van der Waals surface area contributed by atoms with Gasteiger partial charge >= 0.3 is 0 Å². The molecule has 102 valence electrons. The number of rotatable bonds is 5. The van der Waals surface area contributed by atoms with Crippen molar-refractivity contribution in [1.82, 2.24) is 10.3 Å². The molecule has 19 heavy (non-hydrogen) atoms. The Morgan fingerprint density at radius 3 is 3.05 bits per heavy atom. The lowest BCUT2D eigenvalue weighted by Crippen LogP contribution is -2.28. The van der Waals surface area contributed by atoms with Crippen molar-refractivity contribution in [3.8, 4) is 5.75 Å². The third-order valence-electron chi connectivity index (χ3n) is 3.81. The van der Waals surface area contributed by atoms with Crippen LogP contribution in [-0.2, 0) is 0 Å². The lowest BCUT2D eigenvalue weighted by molar-refractivity contribution is 0.298. The lowest BCUT2D eigenvalue weighted by Gasteiger charge is -2.19. The highest BCUT2D eigenvalue weighted by atomic mass is 16.5. The van der Waals surface area contributed by atoms with E-state index in [1.54, 1.807) is 0 Å². The molecule has 0 bridgehead atoms. The molecular weight excluding hydrogens is 236 g/mol. The van der Waals surface area contributed by atoms with Gasteiger partial charge < -0.3 is 10.1 Å². The maximum absolute atomic E-state index is 5.75. The van der Waals surface area contributed by atoms with Crippen LogP contribution in [0.1, 0.15) is 31.2 Å². The minimum absolute atomic E-state index is 0.657. The van der Waals surface area contributed by atoms with Crippen molar-refractivity contribution in [2.24, 2.45) is 11.8 Å². The second-order valence-corrected chi connectivity index (χ2v) is 5.67. The van der Waals surface area contributed by atoms with Gasteiger partial charge in [0.2, 0.25) is 0 Å². The van der Waals surface area contributed by atoms with E-state index in [1.165, 1.54) is 25.7 Å². The molecule has 3 heteroatoms. The normalized spacial score (nSPS) is 23.7. The van der Waals surface area contributed by atoms with E-state index in [4.69, 9.17) is 4.74 Å². The zero-order valence-corrected chi connectivity index (χ0v) is 11.3. The predicted octanol–water partition coefficient (Wildman–Crippen LogP) is 2.88. The summed E-state index contributed by atoms with van der Waals surface area (Å²) in [6.45, 7) is 3.11. The zero-order valence-electron chi connectivity index (χ0n) is 11.3. The van der Waals surface area contributed by atoms with E-state index < -0.39 is 0 Å². The van der Waals surface area contributed by atoms with E-state index in [1.807, 2.05) is 12.4 Å². The summed E-state index contributed by atoms with van der Waals surface area (Å²) in [7, 11) is 0. The van der Waals surface area contributed by atoms with Crippen LogP contribution in [0.5, 0.6) is 5.75 Å². The summed E-state index contributed by atoms with van der Waals surface area (Å²) in [5, 5.41) is 3.43. The molecule has 2 aliphatic rings. The number of aromatic nitrogens is 1. The Morgan fingerprint density at radius 1 is 1.32 bits per heavy atom. The highest BCUT2D eigenvalue weighted by Gasteiger charge is 2.21. The molecule has 1 aromatic heterocycles. The fourth-order valence-electron chi connectivity index (χ4n) is 2.39. The number of piperidine rings is 1. The Kier molecular flexibility index (Phi) is 4.13. The first kappa shape index (κ1) is 12.7. The van der Waals surface area contributed by atoms with Crippen LogP contribution in [0.4, 0.5) is 0 Å². The molecule has 2 fully saturated rings. The molecule has 0 spiro atoms. The Morgan fingerprint density at radius 2 is 2.26 bits per heavy atom. The van der Waals surface area contributed by atoms with Crippen molar-refractivity contribution in [2.75, 3.05) is 19.7 Å². The van der Waals surface area contributed by atoms with Crippen LogP contribution in [0.2, 0.25) is 0 Å². The van der Waals surface area contributed by atoms with Crippen LogP contribution >= 0.6 is 0 Å². The number of hydrogen-bond acceptors (Lipinski definition) is 3. The smallest absolute Gasteiger partial charge is 0.138 e. The first-order valence-electron chi connectivity index (χ1n) is 7.37. The van der Waals surface area contributed by atoms with Crippen molar-refractivity contribution in [3.05, 3.63) is 30.1 Å². The molecule has 1 saturated heterocycles. The second kappa shape index (κ2) is 6.20. The van der Waals surface area contributed by atoms with Gasteiger partial charge in [-0.2, -0.15) is 0 Å². The van der Waals surface area contributed by atoms with Crippen LogP contribution in [0.15, 0.2) is 24.5 Å². The quantitative estimate of drug-likeness (QED) is 0.882. The van der Waals surface area contributed by atoms with Gasteiger partial charge in [0.1, 0.15) is 5.75 Å². The van der Waals surface area contributed by atoms with Gasteiger partial charge in [-0.1, -0.05) is 12.2 Å². The van der Waals surface area contributed by atoms with E-state index in [9.17, 15) is 0 Å². The molecule has 3 nitrogen and oxygen atoms in total. The van der Waals surface area contributed by atoms with Crippen LogP contribution in [0.3, 0.4) is 0 Å². The number of nitrogens with one attached hydrogen (secondary N) is 1. The molecule has 1 aromatic rings.